The Morgan fingerprint density at radius 3 is 2.95 bits per heavy atom. The first-order valence-electron chi connectivity index (χ1n) is 6.92. The van der Waals surface area contributed by atoms with Crippen molar-refractivity contribution in [2.75, 3.05) is 31.7 Å². The van der Waals surface area contributed by atoms with Crippen LogP contribution in [0, 0.1) is 0 Å². The molecule has 4 nitrogen and oxygen atoms in total. The maximum absolute atomic E-state index is 6.13. The summed E-state index contributed by atoms with van der Waals surface area (Å²) >= 11 is 0. The molecule has 0 bridgehead atoms. The monoisotopic (exact) mass is 264 g/mol. The molecule has 0 saturated carbocycles. The van der Waals surface area contributed by atoms with Gasteiger partial charge in [-0.25, -0.2) is 0 Å². The van der Waals surface area contributed by atoms with Gasteiger partial charge in [0.1, 0.15) is 5.75 Å². The van der Waals surface area contributed by atoms with Gasteiger partial charge in [-0.15, -0.1) is 0 Å². The van der Waals surface area contributed by atoms with E-state index in [1.54, 1.807) is 7.11 Å². The van der Waals surface area contributed by atoms with E-state index in [1.807, 2.05) is 19.1 Å². The maximum atomic E-state index is 6.13. The number of nitrogens with two attached hydrogens (primary N) is 1. The molecule has 1 aromatic rings. The Hall–Kier alpha value is -1.26. The molecule has 0 radical (unpaired) electrons. The maximum Gasteiger partial charge on any atom is 0.125 e. The lowest BCUT2D eigenvalue weighted by atomic mass is 10.0. The molecule has 19 heavy (non-hydrogen) atoms. The van der Waals surface area contributed by atoms with Gasteiger partial charge in [0.2, 0.25) is 0 Å². The molecule has 2 rings (SSSR count). The van der Waals surface area contributed by atoms with Crippen molar-refractivity contribution in [2.24, 2.45) is 5.73 Å². The van der Waals surface area contributed by atoms with Crippen LogP contribution < -0.4 is 15.4 Å². The predicted octanol–water partition coefficient (Wildman–Crippen LogP) is 2.33. The molecule has 1 aromatic carbocycles. The fourth-order valence-corrected chi connectivity index (χ4v) is 2.66. The molecule has 106 valence electrons. The van der Waals surface area contributed by atoms with E-state index >= 15 is 0 Å². The van der Waals surface area contributed by atoms with Crippen LogP contribution in [-0.2, 0) is 4.74 Å². The van der Waals surface area contributed by atoms with Crippen LogP contribution in [-0.4, -0.2) is 32.9 Å². The third kappa shape index (κ3) is 3.19. The predicted molar refractivity (Wildman–Crippen MR) is 77.8 cm³/mol. The lowest BCUT2D eigenvalue weighted by Gasteiger charge is -2.28. The van der Waals surface area contributed by atoms with E-state index in [9.17, 15) is 0 Å². The summed E-state index contributed by atoms with van der Waals surface area (Å²) in [6.07, 6.45) is 1.29. The highest BCUT2D eigenvalue weighted by Gasteiger charge is 2.21. The third-order valence-corrected chi connectivity index (χ3v) is 3.51. The van der Waals surface area contributed by atoms with E-state index in [0.29, 0.717) is 0 Å². The first-order valence-corrected chi connectivity index (χ1v) is 6.92. The number of rotatable bonds is 3. The normalized spacial score (nSPS) is 21.9. The standard InChI is InChI=1S/C15H24N2O2/c1-11-10-17(8-5-9-19-11)13-6-4-7-14(18-3)15(13)12(2)16/h4,6-7,11-12H,5,8-10,16H2,1-3H3. The number of ether oxygens (including phenoxy) is 2. The summed E-state index contributed by atoms with van der Waals surface area (Å²) < 4.78 is 11.2. The molecule has 1 heterocycles. The van der Waals surface area contributed by atoms with Gasteiger partial charge in [0.25, 0.3) is 0 Å². The van der Waals surface area contributed by atoms with Crippen molar-refractivity contribution in [1.29, 1.82) is 0 Å². The molecule has 0 aromatic heterocycles. The van der Waals surface area contributed by atoms with Gasteiger partial charge in [-0.05, 0) is 32.4 Å². The fourth-order valence-electron chi connectivity index (χ4n) is 2.66. The average Bonchev–Trinajstić information content (AvgIpc) is 2.62. The topological polar surface area (TPSA) is 47.7 Å². The Kier molecular flexibility index (Phi) is 4.66. The van der Waals surface area contributed by atoms with Crippen LogP contribution >= 0.6 is 0 Å². The van der Waals surface area contributed by atoms with E-state index < -0.39 is 0 Å². The van der Waals surface area contributed by atoms with Crippen LogP contribution in [0.4, 0.5) is 5.69 Å². The largest absolute Gasteiger partial charge is 0.496 e. The van der Waals surface area contributed by atoms with Crippen LogP contribution in [0.25, 0.3) is 0 Å². The zero-order valence-electron chi connectivity index (χ0n) is 12.1. The fraction of sp³-hybridized carbons (Fsp3) is 0.600. The van der Waals surface area contributed by atoms with Crippen molar-refractivity contribution in [2.45, 2.75) is 32.4 Å². The van der Waals surface area contributed by atoms with Crippen molar-refractivity contribution < 1.29 is 9.47 Å². The van der Waals surface area contributed by atoms with E-state index in [1.165, 1.54) is 5.69 Å². The second kappa shape index (κ2) is 6.26. The molecule has 2 N–H and O–H groups in total. The average molecular weight is 264 g/mol. The Morgan fingerprint density at radius 2 is 2.26 bits per heavy atom. The highest BCUT2D eigenvalue weighted by atomic mass is 16.5. The third-order valence-electron chi connectivity index (χ3n) is 3.51. The number of hydrogen-bond acceptors (Lipinski definition) is 4. The molecule has 1 aliphatic heterocycles. The summed E-state index contributed by atoms with van der Waals surface area (Å²) in [7, 11) is 1.69. The molecule has 1 aliphatic rings. The summed E-state index contributed by atoms with van der Waals surface area (Å²) in [5.74, 6) is 0.866. The molecular formula is C15H24N2O2. The Morgan fingerprint density at radius 1 is 1.47 bits per heavy atom. The molecule has 2 unspecified atom stereocenters. The van der Waals surface area contributed by atoms with E-state index in [-0.39, 0.29) is 12.1 Å². The molecule has 2 atom stereocenters. The zero-order chi connectivity index (χ0) is 13.8. The van der Waals surface area contributed by atoms with Crippen LogP contribution in [0.5, 0.6) is 5.75 Å². The first kappa shape index (κ1) is 14.2. The van der Waals surface area contributed by atoms with Crippen molar-refractivity contribution in [3.05, 3.63) is 23.8 Å². The number of benzene rings is 1. The lowest BCUT2D eigenvalue weighted by Crippen LogP contribution is -2.31. The van der Waals surface area contributed by atoms with Crippen LogP contribution in [0.2, 0.25) is 0 Å². The van der Waals surface area contributed by atoms with Crippen LogP contribution in [0.1, 0.15) is 31.9 Å². The van der Waals surface area contributed by atoms with Crippen molar-refractivity contribution in [3.8, 4) is 5.75 Å². The Balaban J connectivity index is 2.37. The lowest BCUT2D eigenvalue weighted by molar-refractivity contribution is 0.0820. The smallest absolute Gasteiger partial charge is 0.125 e. The van der Waals surface area contributed by atoms with Gasteiger partial charge in [0, 0.05) is 37.0 Å². The van der Waals surface area contributed by atoms with Gasteiger partial charge in [-0.2, -0.15) is 0 Å². The van der Waals surface area contributed by atoms with E-state index in [0.717, 1.165) is 37.4 Å². The molecule has 0 amide bonds. The minimum Gasteiger partial charge on any atom is -0.496 e. The summed E-state index contributed by atoms with van der Waals surface area (Å²) in [5.41, 5.74) is 8.39. The Bertz CT molecular complexity index is 421. The van der Waals surface area contributed by atoms with Crippen molar-refractivity contribution in [3.63, 3.8) is 0 Å². The second-order valence-corrected chi connectivity index (χ2v) is 5.16. The summed E-state index contributed by atoms with van der Waals surface area (Å²) in [5, 5.41) is 0. The molecule has 0 aliphatic carbocycles. The van der Waals surface area contributed by atoms with Gasteiger partial charge in [-0.1, -0.05) is 6.07 Å². The highest BCUT2D eigenvalue weighted by molar-refractivity contribution is 5.61. The van der Waals surface area contributed by atoms with Crippen LogP contribution in [0.3, 0.4) is 0 Å². The number of methoxy groups -OCH3 is 1. The minimum atomic E-state index is -0.0503. The zero-order valence-corrected chi connectivity index (χ0v) is 12.1. The van der Waals surface area contributed by atoms with E-state index in [4.69, 9.17) is 15.2 Å². The van der Waals surface area contributed by atoms with Gasteiger partial charge in [-0.3, -0.25) is 0 Å². The van der Waals surface area contributed by atoms with Crippen molar-refractivity contribution >= 4 is 5.69 Å². The summed E-state index contributed by atoms with van der Waals surface area (Å²) in [6, 6.07) is 6.07. The van der Waals surface area contributed by atoms with Crippen molar-refractivity contribution in [1.82, 2.24) is 0 Å². The molecular weight excluding hydrogens is 240 g/mol. The molecule has 0 spiro atoms. The molecule has 1 saturated heterocycles. The first-order chi connectivity index (χ1) is 9.13. The molecule has 1 fully saturated rings. The number of hydrogen-bond donors (Lipinski definition) is 1. The van der Waals surface area contributed by atoms with Gasteiger partial charge in [0.15, 0.2) is 0 Å². The summed E-state index contributed by atoms with van der Waals surface area (Å²) in [6.45, 7) is 6.84. The van der Waals surface area contributed by atoms with Gasteiger partial charge in [0.05, 0.1) is 13.2 Å². The number of nitrogens with zero attached hydrogens (tertiary/aromatic N) is 1. The van der Waals surface area contributed by atoms with Crippen LogP contribution in [0.15, 0.2) is 18.2 Å². The highest BCUT2D eigenvalue weighted by Crippen LogP contribution is 2.34. The number of anilines is 1. The Labute approximate surface area is 115 Å². The van der Waals surface area contributed by atoms with Gasteiger partial charge < -0.3 is 20.1 Å². The SMILES string of the molecule is COc1cccc(N2CCCOC(C)C2)c1C(C)N. The van der Waals surface area contributed by atoms with Gasteiger partial charge >= 0.3 is 0 Å². The molecule has 4 heteroatoms. The minimum absolute atomic E-state index is 0.0503. The van der Waals surface area contributed by atoms with E-state index in [2.05, 4.69) is 17.9 Å². The summed E-state index contributed by atoms with van der Waals surface area (Å²) in [4.78, 5) is 2.36. The quantitative estimate of drug-likeness (QED) is 0.910. The second-order valence-electron chi connectivity index (χ2n) is 5.16.